The maximum atomic E-state index is 11.6. The fourth-order valence-corrected chi connectivity index (χ4v) is 1.30. The highest BCUT2D eigenvalue weighted by atomic mass is 16.5. The van der Waals surface area contributed by atoms with E-state index in [1.807, 2.05) is 6.92 Å². The van der Waals surface area contributed by atoms with E-state index in [1.54, 1.807) is 11.6 Å². The zero-order valence-electron chi connectivity index (χ0n) is 8.16. The molecule has 2 heterocycles. The van der Waals surface area contributed by atoms with Crippen LogP contribution in [0.25, 0.3) is 11.2 Å². The topological polar surface area (TPSA) is 72.8 Å². The molecule has 74 valence electrons. The molecule has 0 aliphatic carbocycles. The fraction of sp³-hybridized carbons (Fsp3) is 0.375. The number of H-pyrrole nitrogens is 1. The molecule has 0 bridgehead atoms. The first-order valence-electron chi connectivity index (χ1n) is 4.11. The predicted octanol–water partition coefficient (Wildman–Crippen LogP) is -0.0264. The maximum Gasteiger partial charge on any atom is 0.298 e. The second-order valence-electron chi connectivity index (χ2n) is 2.97. The number of aryl methyl sites for hydroxylation is 2. The van der Waals surface area contributed by atoms with Gasteiger partial charge in [0.25, 0.3) is 11.6 Å². The molecule has 0 aliphatic heterocycles. The number of imidazole rings is 1. The molecule has 0 saturated carbocycles. The summed E-state index contributed by atoms with van der Waals surface area (Å²) in [7, 11) is 3.22. The third-order valence-corrected chi connectivity index (χ3v) is 2.14. The summed E-state index contributed by atoms with van der Waals surface area (Å²) in [5.41, 5.74) is 0.629. The van der Waals surface area contributed by atoms with Crippen LogP contribution in [0.5, 0.6) is 6.01 Å². The van der Waals surface area contributed by atoms with Crippen LogP contribution in [0, 0.1) is 6.92 Å². The lowest BCUT2D eigenvalue weighted by atomic mass is 10.5. The van der Waals surface area contributed by atoms with Crippen LogP contribution in [0.2, 0.25) is 0 Å². The van der Waals surface area contributed by atoms with E-state index in [1.165, 1.54) is 7.11 Å². The number of aromatic nitrogens is 4. The molecule has 0 aliphatic rings. The fourth-order valence-electron chi connectivity index (χ4n) is 1.30. The van der Waals surface area contributed by atoms with E-state index in [9.17, 15) is 4.79 Å². The quantitative estimate of drug-likeness (QED) is 0.692. The van der Waals surface area contributed by atoms with E-state index in [2.05, 4.69) is 15.0 Å². The number of nitrogens with one attached hydrogen (secondary N) is 1. The van der Waals surface area contributed by atoms with Crippen LogP contribution in [0.1, 0.15) is 5.82 Å². The molecule has 6 heteroatoms. The molecule has 0 aromatic carbocycles. The van der Waals surface area contributed by atoms with Gasteiger partial charge in [-0.25, -0.2) is 4.98 Å². The average Bonchev–Trinajstić information content (AvgIpc) is 2.43. The van der Waals surface area contributed by atoms with Crippen molar-refractivity contribution in [1.29, 1.82) is 0 Å². The molecule has 0 radical (unpaired) electrons. The minimum absolute atomic E-state index is 0.181. The molecule has 2 rings (SSSR count). The van der Waals surface area contributed by atoms with Crippen molar-refractivity contribution in [2.75, 3.05) is 7.11 Å². The van der Waals surface area contributed by atoms with Crippen molar-refractivity contribution in [3.8, 4) is 6.01 Å². The minimum Gasteiger partial charge on any atom is -0.468 e. The van der Waals surface area contributed by atoms with E-state index in [-0.39, 0.29) is 11.6 Å². The Morgan fingerprint density at radius 1 is 1.43 bits per heavy atom. The molecule has 2 aromatic rings. The molecular weight excluding hydrogens is 184 g/mol. The molecule has 0 spiro atoms. The highest BCUT2D eigenvalue weighted by Crippen LogP contribution is 2.09. The Hall–Kier alpha value is -1.85. The molecule has 1 N–H and O–H groups in total. The summed E-state index contributed by atoms with van der Waals surface area (Å²) in [4.78, 5) is 22.2. The van der Waals surface area contributed by atoms with E-state index in [0.29, 0.717) is 11.2 Å². The molecule has 6 nitrogen and oxygen atoms in total. The number of ether oxygens (including phenoxy) is 1. The lowest BCUT2D eigenvalue weighted by molar-refractivity contribution is 0.380. The number of methoxy groups -OCH3 is 1. The van der Waals surface area contributed by atoms with Crippen LogP contribution >= 0.6 is 0 Å². The standard InChI is InChI=1S/C8H10N4O2/c1-4-9-6-5(12(4)2)7(13)11-8(10-6)14-3/h1-3H3,(H,10,11,13). The first kappa shape index (κ1) is 8.74. The summed E-state index contributed by atoms with van der Waals surface area (Å²) < 4.78 is 6.53. The van der Waals surface area contributed by atoms with Crippen LogP contribution < -0.4 is 10.3 Å². The highest BCUT2D eigenvalue weighted by Gasteiger charge is 2.10. The van der Waals surface area contributed by atoms with Crippen LogP contribution in [0.4, 0.5) is 0 Å². The van der Waals surface area contributed by atoms with Crippen LogP contribution in [0.3, 0.4) is 0 Å². The van der Waals surface area contributed by atoms with Crippen LogP contribution in [-0.4, -0.2) is 26.6 Å². The van der Waals surface area contributed by atoms with Gasteiger partial charge in [0.1, 0.15) is 5.82 Å². The maximum absolute atomic E-state index is 11.6. The Bertz CT molecular complexity index is 540. The van der Waals surface area contributed by atoms with Gasteiger partial charge in [-0.3, -0.25) is 9.78 Å². The van der Waals surface area contributed by atoms with Crippen molar-refractivity contribution in [1.82, 2.24) is 19.5 Å². The van der Waals surface area contributed by atoms with Gasteiger partial charge in [-0.1, -0.05) is 0 Å². The normalized spacial score (nSPS) is 10.8. The summed E-state index contributed by atoms with van der Waals surface area (Å²) in [5, 5.41) is 0. The summed E-state index contributed by atoms with van der Waals surface area (Å²) in [5.74, 6) is 0.742. The van der Waals surface area contributed by atoms with Crippen molar-refractivity contribution in [3.63, 3.8) is 0 Å². The first-order chi connectivity index (χ1) is 6.63. The van der Waals surface area contributed by atoms with E-state index >= 15 is 0 Å². The highest BCUT2D eigenvalue weighted by molar-refractivity contribution is 5.70. The number of hydrogen-bond acceptors (Lipinski definition) is 4. The number of fused-ring (bicyclic) bond motifs is 1. The molecular formula is C8H10N4O2. The van der Waals surface area contributed by atoms with Gasteiger partial charge in [-0.05, 0) is 6.92 Å². The molecule has 0 saturated heterocycles. The smallest absolute Gasteiger partial charge is 0.298 e. The van der Waals surface area contributed by atoms with Gasteiger partial charge >= 0.3 is 0 Å². The van der Waals surface area contributed by atoms with Crippen molar-refractivity contribution >= 4 is 11.2 Å². The lowest BCUT2D eigenvalue weighted by Crippen LogP contribution is -2.12. The van der Waals surface area contributed by atoms with Crippen molar-refractivity contribution in [2.45, 2.75) is 6.92 Å². The SMILES string of the molecule is COc1nc2nc(C)n(C)c2c(=O)[nH]1. The largest absolute Gasteiger partial charge is 0.468 e. The zero-order chi connectivity index (χ0) is 10.3. The Balaban J connectivity index is 2.90. The van der Waals surface area contributed by atoms with Crippen LogP contribution in [0.15, 0.2) is 4.79 Å². The molecule has 0 unspecified atom stereocenters. The average molecular weight is 194 g/mol. The third kappa shape index (κ3) is 1.07. The van der Waals surface area contributed by atoms with Gasteiger partial charge < -0.3 is 9.30 Å². The van der Waals surface area contributed by atoms with Crippen molar-refractivity contribution in [2.24, 2.45) is 7.05 Å². The second kappa shape index (κ2) is 2.83. The molecule has 14 heavy (non-hydrogen) atoms. The Morgan fingerprint density at radius 3 is 2.79 bits per heavy atom. The summed E-state index contributed by atoms with van der Waals surface area (Å²) in [6, 6.07) is 0.181. The Labute approximate surface area is 79.6 Å². The Morgan fingerprint density at radius 2 is 2.14 bits per heavy atom. The first-order valence-corrected chi connectivity index (χ1v) is 4.11. The summed E-state index contributed by atoms with van der Waals surface area (Å²) >= 11 is 0. The van der Waals surface area contributed by atoms with Gasteiger partial charge in [-0.2, -0.15) is 4.98 Å². The third-order valence-electron chi connectivity index (χ3n) is 2.14. The number of rotatable bonds is 1. The van der Waals surface area contributed by atoms with Gasteiger partial charge in [0.15, 0.2) is 11.2 Å². The number of hydrogen-bond donors (Lipinski definition) is 1. The second-order valence-corrected chi connectivity index (χ2v) is 2.97. The monoisotopic (exact) mass is 194 g/mol. The molecule has 2 aromatic heterocycles. The van der Waals surface area contributed by atoms with Crippen molar-refractivity contribution < 1.29 is 4.74 Å². The van der Waals surface area contributed by atoms with Crippen LogP contribution in [-0.2, 0) is 7.05 Å². The number of nitrogens with zero attached hydrogens (tertiary/aromatic N) is 3. The predicted molar refractivity (Wildman–Crippen MR) is 50.4 cm³/mol. The summed E-state index contributed by atoms with van der Waals surface area (Å²) in [6.07, 6.45) is 0. The van der Waals surface area contributed by atoms with E-state index < -0.39 is 0 Å². The summed E-state index contributed by atoms with van der Waals surface area (Å²) in [6.45, 7) is 1.81. The van der Waals surface area contributed by atoms with Gasteiger partial charge in [0.2, 0.25) is 0 Å². The lowest BCUT2D eigenvalue weighted by Gasteiger charge is -1.97. The van der Waals surface area contributed by atoms with E-state index in [4.69, 9.17) is 4.74 Å². The van der Waals surface area contributed by atoms with Gasteiger partial charge in [0, 0.05) is 7.05 Å². The zero-order valence-corrected chi connectivity index (χ0v) is 8.16. The molecule has 0 atom stereocenters. The minimum atomic E-state index is -0.241. The van der Waals surface area contributed by atoms with E-state index in [0.717, 1.165) is 5.82 Å². The van der Waals surface area contributed by atoms with Crippen molar-refractivity contribution in [3.05, 3.63) is 16.2 Å². The molecule has 0 amide bonds. The molecule has 0 fully saturated rings. The van der Waals surface area contributed by atoms with Gasteiger partial charge in [0.05, 0.1) is 7.11 Å². The number of aromatic amines is 1. The Kier molecular flexibility index (Phi) is 1.77. The van der Waals surface area contributed by atoms with Gasteiger partial charge in [-0.15, -0.1) is 0 Å².